The van der Waals surface area contributed by atoms with Crippen molar-refractivity contribution in [2.45, 2.75) is 13.1 Å². The normalized spacial score (nSPS) is 11.3. The third kappa shape index (κ3) is 4.44. The molecule has 0 unspecified atom stereocenters. The number of hydrogen-bond acceptors (Lipinski definition) is 3. The van der Waals surface area contributed by atoms with Gasteiger partial charge in [-0.15, -0.1) is 35.3 Å². The maximum atomic E-state index is 4.57. The Hall–Kier alpha value is -1.61. The quantitative estimate of drug-likeness (QED) is 0.384. The second kappa shape index (κ2) is 8.30. The molecule has 7 heteroatoms. The summed E-state index contributed by atoms with van der Waals surface area (Å²) in [4.78, 5) is 12.0. The Labute approximate surface area is 157 Å². The van der Waals surface area contributed by atoms with Gasteiger partial charge in [0.05, 0.1) is 12.2 Å². The van der Waals surface area contributed by atoms with E-state index in [4.69, 9.17) is 0 Å². The van der Waals surface area contributed by atoms with E-state index < -0.39 is 0 Å². The lowest BCUT2D eigenvalue weighted by Crippen LogP contribution is -2.38. The van der Waals surface area contributed by atoms with Gasteiger partial charge in [-0.2, -0.15) is 0 Å². The van der Waals surface area contributed by atoms with Crippen molar-refractivity contribution in [1.29, 1.82) is 0 Å². The van der Waals surface area contributed by atoms with Gasteiger partial charge in [0, 0.05) is 38.4 Å². The van der Waals surface area contributed by atoms with Crippen LogP contribution in [0.1, 0.15) is 11.3 Å². The molecule has 3 rings (SSSR count). The van der Waals surface area contributed by atoms with Crippen LogP contribution in [0.4, 0.5) is 0 Å². The highest BCUT2D eigenvalue weighted by Crippen LogP contribution is 2.11. The van der Waals surface area contributed by atoms with Crippen molar-refractivity contribution in [3.05, 3.63) is 59.4 Å². The van der Waals surface area contributed by atoms with Crippen LogP contribution in [-0.2, 0) is 13.1 Å². The number of guanidine groups is 1. The van der Waals surface area contributed by atoms with Crippen LogP contribution in [0.3, 0.4) is 0 Å². The van der Waals surface area contributed by atoms with Crippen LogP contribution in [0.2, 0.25) is 0 Å². The lowest BCUT2D eigenvalue weighted by atomic mass is 10.2. The Balaban J connectivity index is 0.00000192. The third-order valence-corrected chi connectivity index (χ3v) is 4.18. The highest BCUT2D eigenvalue weighted by Gasteiger charge is 2.08. The number of rotatable bonds is 4. The predicted molar refractivity (Wildman–Crippen MR) is 107 cm³/mol. The Kier molecular flexibility index (Phi) is 6.40. The number of fused-ring (bicyclic) bond motifs is 1. The second-order valence-corrected chi connectivity index (χ2v) is 5.94. The van der Waals surface area contributed by atoms with Crippen molar-refractivity contribution in [1.82, 2.24) is 19.6 Å². The molecule has 0 amide bonds. The number of benzene rings is 1. The minimum Gasteiger partial charge on any atom is -0.351 e. The van der Waals surface area contributed by atoms with Gasteiger partial charge >= 0.3 is 0 Å². The molecular weight excluding hydrogens is 421 g/mol. The Bertz CT molecular complexity index is 736. The molecule has 0 aliphatic carbocycles. The van der Waals surface area contributed by atoms with Gasteiger partial charge in [0.25, 0.3) is 0 Å². The van der Waals surface area contributed by atoms with Gasteiger partial charge in [0.1, 0.15) is 0 Å². The summed E-state index contributed by atoms with van der Waals surface area (Å²) in [6.07, 6.45) is 4.07. The highest BCUT2D eigenvalue weighted by molar-refractivity contribution is 14.0. The van der Waals surface area contributed by atoms with Crippen molar-refractivity contribution in [3.8, 4) is 0 Å². The minimum absolute atomic E-state index is 0. The smallest absolute Gasteiger partial charge is 0.194 e. The van der Waals surface area contributed by atoms with E-state index in [-0.39, 0.29) is 24.0 Å². The van der Waals surface area contributed by atoms with Crippen LogP contribution in [0, 0.1) is 0 Å². The first-order chi connectivity index (χ1) is 10.8. The van der Waals surface area contributed by atoms with Crippen molar-refractivity contribution in [2.24, 2.45) is 4.99 Å². The molecule has 0 aliphatic rings. The second-order valence-electron chi connectivity index (χ2n) is 5.07. The molecule has 0 fully saturated rings. The zero-order valence-corrected chi connectivity index (χ0v) is 16.3. The van der Waals surface area contributed by atoms with Crippen molar-refractivity contribution in [2.75, 3.05) is 14.1 Å². The van der Waals surface area contributed by atoms with Crippen LogP contribution in [-0.4, -0.2) is 34.3 Å². The van der Waals surface area contributed by atoms with Gasteiger partial charge in [-0.25, -0.2) is 4.98 Å². The SMILES string of the molecule is CN=C(NCc1cn2ccsc2n1)N(C)Cc1ccccc1.I. The third-order valence-electron chi connectivity index (χ3n) is 3.41. The van der Waals surface area contributed by atoms with E-state index >= 15 is 0 Å². The van der Waals surface area contributed by atoms with Crippen LogP contribution >= 0.6 is 35.3 Å². The number of aromatic nitrogens is 2. The summed E-state index contributed by atoms with van der Waals surface area (Å²) in [6, 6.07) is 10.4. The molecule has 5 nitrogen and oxygen atoms in total. The van der Waals surface area contributed by atoms with Gasteiger partial charge in [0.15, 0.2) is 10.9 Å². The zero-order chi connectivity index (χ0) is 15.4. The predicted octanol–water partition coefficient (Wildman–Crippen LogP) is 3.22. The van der Waals surface area contributed by atoms with E-state index in [0.29, 0.717) is 6.54 Å². The average molecular weight is 441 g/mol. The first-order valence-corrected chi connectivity index (χ1v) is 8.01. The summed E-state index contributed by atoms with van der Waals surface area (Å²) in [5.74, 6) is 0.861. The largest absolute Gasteiger partial charge is 0.351 e. The summed E-state index contributed by atoms with van der Waals surface area (Å²) in [5, 5.41) is 5.40. The van der Waals surface area contributed by atoms with Crippen molar-refractivity contribution < 1.29 is 0 Å². The van der Waals surface area contributed by atoms with Gasteiger partial charge in [-0.3, -0.25) is 9.39 Å². The van der Waals surface area contributed by atoms with Crippen LogP contribution in [0.15, 0.2) is 53.1 Å². The van der Waals surface area contributed by atoms with Crippen LogP contribution in [0.25, 0.3) is 4.96 Å². The molecule has 2 heterocycles. The average Bonchev–Trinajstić information content (AvgIpc) is 3.10. The van der Waals surface area contributed by atoms with E-state index in [1.165, 1.54) is 5.56 Å². The van der Waals surface area contributed by atoms with E-state index in [9.17, 15) is 0 Å². The number of aliphatic imine (C=N–C) groups is 1. The number of nitrogens with one attached hydrogen (secondary N) is 1. The fraction of sp³-hybridized carbons (Fsp3) is 0.250. The molecule has 0 bridgehead atoms. The van der Waals surface area contributed by atoms with Crippen molar-refractivity contribution in [3.63, 3.8) is 0 Å². The molecule has 122 valence electrons. The summed E-state index contributed by atoms with van der Waals surface area (Å²) in [7, 11) is 3.84. The van der Waals surface area contributed by atoms with Gasteiger partial charge in [-0.05, 0) is 5.56 Å². The Morgan fingerprint density at radius 1 is 1.35 bits per heavy atom. The molecule has 0 saturated heterocycles. The number of thiazole rings is 1. The minimum atomic E-state index is 0. The molecule has 1 aromatic carbocycles. The van der Waals surface area contributed by atoms with Gasteiger partial charge < -0.3 is 10.2 Å². The molecule has 0 radical (unpaired) electrons. The Morgan fingerprint density at radius 3 is 2.83 bits per heavy atom. The summed E-state index contributed by atoms with van der Waals surface area (Å²) < 4.78 is 2.04. The topological polar surface area (TPSA) is 44.9 Å². The number of imidazole rings is 1. The lowest BCUT2D eigenvalue weighted by Gasteiger charge is -2.21. The Morgan fingerprint density at radius 2 is 2.13 bits per heavy atom. The molecule has 0 spiro atoms. The van der Waals surface area contributed by atoms with Crippen molar-refractivity contribution >= 4 is 46.2 Å². The molecule has 3 aromatic rings. The maximum absolute atomic E-state index is 4.57. The standard InChI is InChI=1S/C16H19N5S.HI/c1-17-15(20(2)11-13-6-4-3-5-7-13)18-10-14-12-21-8-9-22-16(21)19-14;/h3-9,12H,10-11H2,1-2H3,(H,17,18);1H. The number of nitrogens with zero attached hydrogens (tertiary/aromatic N) is 4. The molecule has 0 saturated carbocycles. The molecule has 23 heavy (non-hydrogen) atoms. The van der Waals surface area contributed by atoms with E-state index in [2.05, 4.69) is 44.5 Å². The van der Waals surface area contributed by atoms with Crippen LogP contribution < -0.4 is 5.32 Å². The molecular formula is C16H20IN5S. The molecule has 0 atom stereocenters. The molecule has 2 aromatic heterocycles. The van der Waals surface area contributed by atoms with E-state index in [1.807, 2.05) is 35.3 Å². The van der Waals surface area contributed by atoms with E-state index in [0.717, 1.165) is 23.2 Å². The fourth-order valence-electron chi connectivity index (χ4n) is 2.35. The summed E-state index contributed by atoms with van der Waals surface area (Å²) in [5.41, 5.74) is 2.27. The first kappa shape index (κ1) is 17.7. The maximum Gasteiger partial charge on any atom is 0.194 e. The monoisotopic (exact) mass is 441 g/mol. The van der Waals surface area contributed by atoms with E-state index in [1.54, 1.807) is 18.4 Å². The summed E-state index contributed by atoms with van der Waals surface area (Å²) in [6.45, 7) is 1.49. The van der Waals surface area contributed by atoms with Crippen LogP contribution in [0.5, 0.6) is 0 Å². The van der Waals surface area contributed by atoms with Gasteiger partial charge in [-0.1, -0.05) is 30.3 Å². The van der Waals surface area contributed by atoms with Gasteiger partial charge in [0.2, 0.25) is 0 Å². The fourth-order valence-corrected chi connectivity index (χ4v) is 3.07. The first-order valence-electron chi connectivity index (χ1n) is 7.13. The zero-order valence-electron chi connectivity index (χ0n) is 13.1. The molecule has 1 N–H and O–H groups in total. The number of hydrogen-bond donors (Lipinski definition) is 1. The summed E-state index contributed by atoms with van der Waals surface area (Å²) >= 11 is 1.64. The number of halogens is 1. The molecule has 0 aliphatic heterocycles. The highest BCUT2D eigenvalue weighted by atomic mass is 127. The lowest BCUT2D eigenvalue weighted by molar-refractivity contribution is 0.476.